The minimum Gasteiger partial charge on any atom is -0.497 e. The Kier molecular flexibility index (Phi) is 5.78. The van der Waals surface area contributed by atoms with E-state index in [1.165, 1.54) is 0 Å². The highest BCUT2D eigenvalue weighted by atomic mass is 16.5. The summed E-state index contributed by atoms with van der Waals surface area (Å²) < 4.78 is 12.5. The van der Waals surface area contributed by atoms with Gasteiger partial charge in [-0.2, -0.15) is 5.10 Å². The Bertz CT molecular complexity index is 753. The summed E-state index contributed by atoms with van der Waals surface area (Å²) in [5.74, 6) is 1.31. The van der Waals surface area contributed by atoms with Crippen LogP contribution >= 0.6 is 0 Å². The highest BCUT2D eigenvalue weighted by molar-refractivity contribution is 5.92. The molecule has 1 aromatic carbocycles. The van der Waals surface area contributed by atoms with Crippen molar-refractivity contribution in [2.24, 2.45) is 0 Å². The van der Waals surface area contributed by atoms with Crippen LogP contribution in [0, 0.1) is 0 Å². The Morgan fingerprint density at radius 3 is 2.88 bits per heavy atom. The normalized spacial score (nSPS) is 17.0. The number of piperidine rings is 1. The molecule has 7 nitrogen and oxygen atoms in total. The summed E-state index contributed by atoms with van der Waals surface area (Å²) in [6, 6.07) is 7.70. The van der Waals surface area contributed by atoms with Crippen molar-refractivity contribution in [2.75, 3.05) is 34.4 Å². The molecular weight excluding hydrogens is 332 g/mol. The molecule has 1 atom stereocenters. The van der Waals surface area contributed by atoms with E-state index in [4.69, 9.17) is 9.47 Å². The summed E-state index contributed by atoms with van der Waals surface area (Å²) in [7, 11) is 5.00. The minimum atomic E-state index is -0.106. The number of nitrogens with zero attached hydrogens (tertiary/aromatic N) is 3. The van der Waals surface area contributed by atoms with Gasteiger partial charge in [-0.15, -0.1) is 0 Å². The van der Waals surface area contributed by atoms with Crippen LogP contribution < -0.4 is 14.8 Å². The fraction of sp³-hybridized carbons (Fsp3) is 0.474. The van der Waals surface area contributed by atoms with Crippen molar-refractivity contribution in [1.82, 2.24) is 20.0 Å². The van der Waals surface area contributed by atoms with E-state index in [1.807, 2.05) is 29.1 Å². The van der Waals surface area contributed by atoms with Crippen LogP contribution in [0.4, 0.5) is 0 Å². The number of hydrogen-bond acceptors (Lipinski definition) is 5. The van der Waals surface area contributed by atoms with Crippen LogP contribution in [0.1, 0.15) is 34.9 Å². The molecule has 1 aliphatic rings. The fourth-order valence-corrected chi connectivity index (χ4v) is 3.22. The molecule has 1 aromatic heterocycles. The molecule has 1 fully saturated rings. The quantitative estimate of drug-likeness (QED) is 0.856. The lowest BCUT2D eigenvalue weighted by Crippen LogP contribution is -2.32. The second kappa shape index (κ2) is 8.23. The molecule has 0 aliphatic carbocycles. The Hall–Kier alpha value is -2.54. The summed E-state index contributed by atoms with van der Waals surface area (Å²) in [6.45, 7) is 2.38. The third-order valence-corrected chi connectivity index (χ3v) is 4.72. The smallest absolute Gasteiger partial charge is 0.274 e. The predicted octanol–water partition coefficient (Wildman–Crippen LogP) is 2.10. The van der Waals surface area contributed by atoms with Gasteiger partial charge in [-0.3, -0.25) is 9.48 Å². The molecule has 0 radical (unpaired) electrons. The highest BCUT2D eigenvalue weighted by Crippen LogP contribution is 2.26. The zero-order valence-electron chi connectivity index (χ0n) is 15.6. The van der Waals surface area contributed by atoms with Crippen molar-refractivity contribution in [2.45, 2.75) is 25.4 Å². The molecule has 140 valence electrons. The van der Waals surface area contributed by atoms with Crippen LogP contribution in [0.2, 0.25) is 0 Å². The van der Waals surface area contributed by atoms with E-state index in [0.29, 0.717) is 24.0 Å². The van der Waals surface area contributed by atoms with E-state index < -0.39 is 0 Å². The van der Waals surface area contributed by atoms with Crippen molar-refractivity contribution < 1.29 is 14.3 Å². The number of nitrogens with one attached hydrogen (secondary N) is 1. The lowest BCUT2D eigenvalue weighted by molar-refractivity contribution is 0.0777. The molecule has 1 N–H and O–H groups in total. The van der Waals surface area contributed by atoms with Crippen molar-refractivity contribution in [3.05, 3.63) is 41.7 Å². The molecule has 1 aliphatic heterocycles. The van der Waals surface area contributed by atoms with E-state index in [-0.39, 0.29) is 5.91 Å². The van der Waals surface area contributed by atoms with E-state index in [2.05, 4.69) is 10.4 Å². The van der Waals surface area contributed by atoms with Crippen LogP contribution in [0.25, 0.3) is 0 Å². The van der Waals surface area contributed by atoms with E-state index in [1.54, 1.807) is 32.2 Å². The second-order valence-corrected chi connectivity index (χ2v) is 6.52. The number of rotatable bonds is 6. The van der Waals surface area contributed by atoms with Gasteiger partial charge in [-0.25, -0.2) is 0 Å². The number of carbonyl (C=O) groups is 1. The van der Waals surface area contributed by atoms with Crippen LogP contribution in [0.3, 0.4) is 0 Å². The van der Waals surface area contributed by atoms with Gasteiger partial charge in [0.05, 0.1) is 20.3 Å². The number of carbonyl (C=O) groups excluding carboxylic acids is 1. The van der Waals surface area contributed by atoms with Gasteiger partial charge >= 0.3 is 0 Å². The number of aromatic nitrogens is 2. The Balaban J connectivity index is 1.69. The Morgan fingerprint density at radius 2 is 2.19 bits per heavy atom. The number of ether oxygens (including phenoxy) is 2. The van der Waals surface area contributed by atoms with Crippen molar-refractivity contribution in [3.63, 3.8) is 0 Å². The first-order chi connectivity index (χ1) is 12.6. The molecule has 0 bridgehead atoms. The van der Waals surface area contributed by atoms with Crippen molar-refractivity contribution in [1.29, 1.82) is 0 Å². The summed E-state index contributed by atoms with van der Waals surface area (Å²) in [5.41, 5.74) is 1.38. The molecule has 1 saturated heterocycles. The largest absolute Gasteiger partial charge is 0.497 e. The lowest BCUT2D eigenvalue weighted by Gasteiger charge is -2.23. The maximum atomic E-state index is 12.7. The van der Waals surface area contributed by atoms with Crippen LogP contribution in [0.5, 0.6) is 11.5 Å². The number of amides is 1. The monoisotopic (exact) mass is 358 g/mol. The molecule has 2 aromatic rings. The molecule has 26 heavy (non-hydrogen) atoms. The first-order valence-electron chi connectivity index (χ1n) is 8.84. The van der Waals surface area contributed by atoms with E-state index >= 15 is 0 Å². The van der Waals surface area contributed by atoms with Gasteiger partial charge in [-0.05, 0) is 37.6 Å². The van der Waals surface area contributed by atoms with Gasteiger partial charge in [0.25, 0.3) is 5.91 Å². The maximum absolute atomic E-state index is 12.7. The minimum absolute atomic E-state index is 0.106. The third kappa shape index (κ3) is 3.99. The second-order valence-electron chi connectivity index (χ2n) is 6.52. The first kappa shape index (κ1) is 18.3. The fourth-order valence-electron chi connectivity index (χ4n) is 3.22. The van der Waals surface area contributed by atoms with Crippen LogP contribution in [-0.4, -0.2) is 54.9 Å². The zero-order chi connectivity index (χ0) is 18.5. The van der Waals surface area contributed by atoms with Crippen LogP contribution in [0.15, 0.2) is 30.5 Å². The zero-order valence-corrected chi connectivity index (χ0v) is 15.6. The summed E-state index contributed by atoms with van der Waals surface area (Å²) in [6.07, 6.45) is 4.11. The maximum Gasteiger partial charge on any atom is 0.274 e. The van der Waals surface area contributed by atoms with E-state index in [9.17, 15) is 4.79 Å². The molecule has 1 unspecified atom stereocenters. The van der Waals surface area contributed by atoms with Gasteiger partial charge in [0.1, 0.15) is 17.2 Å². The van der Waals surface area contributed by atoms with Crippen molar-refractivity contribution >= 4 is 5.91 Å². The molecular formula is C19H26N4O3. The van der Waals surface area contributed by atoms with Crippen LogP contribution in [-0.2, 0) is 6.54 Å². The number of hydrogen-bond donors (Lipinski definition) is 1. The van der Waals surface area contributed by atoms with Gasteiger partial charge in [0, 0.05) is 38.0 Å². The van der Waals surface area contributed by atoms with Gasteiger partial charge in [0.2, 0.25) is 0 Å². The summed E-state index contributed by atoms with van der Waals surface area (Å²) >= 11 is 0. The summed E-state index contributed by atoms with van der Waals surface area (Å²) in [4.78, 5) is 14.4. The third-order valence-electron chi connectivity index (χ3n) is 4.72. The SMILES string of the molecule is COc1ccc(CN(C)C(=O)c2ccn(C3CCCNC3)n2)c(OC)c1. The number of methoxy groups -OCH3 is 2. The first-order valence-corrected chi connectivity index (χ1v) is 8.84. The molecule has 0 saturated carbocycles. The van der Waals surface area contributed by atoms with Gasteiger partial charge in [-0.1, -0.05) is 0 Å². The Labute approximate surface area is 153 Å². The van der Waals surface area contributed by atoms with Gasteiger partial charge < -0.3 is 19.7 Å². The molecule has 7 heteroatoms. The Morgan fingerprint density at radius 1 is 1.35 bits per heavy atom. The topological polar surface area (TPSA) is 68.6 Å². The average Bonchev–Trinajstić information content (AvgIpc) is 3.18. The standard InChI is InChI=1S/C19H26N4O3/c1-22(13-14-6-7-16(25-2)11-18(14)26-3)19(24)17-8-10-23(21-17)15-5-4-9-20-12-15/h6-8,10-11,15,20H,4-5,9,12-13H2,1-3H3. The highest BCUT2D eigenvalue weighted by Gasteiger charge is 2.20. The van der Waals surface area contributed by atoms with Gasteiger partial charge in [0.15, 0.2) is 0 Å². The molecule has 1 amide bonds. The molecule has 0 spiro atoms. The molecule has 3 rings (SSSR count). The number of benzene rings is 1. The van der Waals surface area contributed by atoms with Crippen molar-refractivity contribution in [3.8, 4) is 11.5 Å². The van der Waals surface area contributed by atoms with E-state index in [0.717, 1.165) is 37.2 Å². The predicted molar refractivity (Wildman–Crippen MR) is 98.7 cm³/mol. The average molecular weight is 358 g/mol. The molecule has 2 heterocycles. The summed E-state index contributed by atoms with van der Waals surface area (Å²) in [5, 5.41) is 7.87. The lowest BCUT2D eigenvalue weighted by atomic mass is 10.1.